The summed E-state index contributed by atoms with van der Waals surface area (Å²) in [5, 5.41) is 2.63. The fraction of sp³-hybridized carbons (Fsp3) is 0.250. The molecule has 0 saturated carbocycles. The average Bonchev–Trinajstić information content (AvgIpc) is 2.51. The molecule has 14 heavy (non-hydrogen) atoms. The summed E-state index contributed by atoms with van der Waals surface area (Å²) in [4.78, 5) is 11.8. The number of halogens is 1. The maximum Gasteiger partial charge on any atom is 0.256 e. The lowest BCUT2D eigenvalue weighted by atomic mass is 10.3. The number of hydrogen-bond acceptors (Lipinski definition) is 3. The largest absolute Gasteiger partial charge is 0.457 e. The van der Waals surface area contributed by atoms with Gasteiger partial charge in [0.25, 0.3) is 5.91 Å². The molecule has 0 radical (unpaired) electrons. The first-order valence-electron chi connectivity index (χ1n) is 3.85. The molecule has 3 N–H and O–H groups in total. The maximum absolute atomic E-state index is 11.5. The van der Waals surface area contributed by atoms with Crippen LogP contribution in [0.15, 0.2) is 21.4 Å². The molecule has 1 amide bonds. The van der Waals surface area contributed by atoms with Crippen molar-refractivity contribution in [1.29, 1.82) is 0 Å². The van der Waals surface area contributed by atoms with Gasteiger partial charge in [-0.25, -0.2) is 0 Å². The first kappa shape index (κ1) is 11.2. The lowest BCUT2D eigenvalue weighted by Gasteiger charge is -2.10. The average molecular weight is 277 g/mol. The van der Waals surface area contributed by atoms with Crippen LogP contribution in [0.2, 0.25) is 0 Å². The SMILES string of the molecule is CC(NC(=O)c1ccoc1Br)C(N)=S. The molecular weight excluding hydrogens is 268 g/mol. The van der Waals surface area contributed by atoms with Gasteiger partial charge >= 0.3 is 0 Å². The smallest absolute Gasteiger partial charge is 0.256 e. The van der Waals surface area contributed by atoms with Gasteiger partial charge in [-0.15, -0.1) is 0 Å². The third-order valence-electron chi connectivity index (χ3n) is 1.64. The molecular formula is C8H9BrN2O2S. The van der Waals surface area contributed by atoms with E-state index in [1.807, 2.05) is 0 Å². The number of rotatable bonds is 3. The molecule has 1 aromatic heterocycles. The minimum Gasteiger partial charge on any atom is -0.457 e. The summed E-state index contributed by atoms with van der Waals surface area (Å²) in [6.07, 6.45) is 1.42. The molecule has 0 aromatic carbocycles. The Morgan fingerprint density at radius 3 is 2.86 bits per heavy atom. The number of thiocarbonyl (C=S) groups is 1. The van der Waals surface area contributed by atoms with E-state index in [-0.39, 0.29) is 16.9 Å². The van der Waals surface area contributed by atoms with Crippen LogP contribution < -0.4 is 11.1 Å². The second-order valence-electron chi connectivity index (χ2n) is 2.71. The molecule has 0 fully saturated rings. The van der Waals surface area contributed by atoms with E-state index in [9.17, 15) is 4.79 Å². The third kappa shape index (κ3) is 2.55. The fourth-order valence-corrected chi connectivity index (χ4v) is 1.28. The van der Waals surface area contributed by atoms with Gasteiger partial charge in [-0.1, -0.05) is 12.2 Å². The van der Waals surface area contributed by atoms with E-state index in [1.165, 1.54) is 6.26 Å². The Morgan fingerprint density at radius 1 is 1.79 bits per heavy atom. The van der Waals surface area contributed by atoms with Gasteiger partial charge in [0.1, 0.15) is 0 Å². The molecule has 1 rings (SSSR count). The molecule has 0 aliphatic heterocycles. The number of amides is 1. The van der Waals surface area contributed by atoms with Crippen molar-refractivity contribution in [2.24, 2.45) is 5.73 Å². The minimum atomic E-state index is -0.334. The maximum atomic E-state index is 11.5. The molecule has 0 aliphatic carbocycles. The minimum absolute atomic E-state index is 0.248. The summed E-state index contributed by atoms with van der Waals surface area (Å²) in [6.45, 7) is 1.72. The van der Waals surface area contributed by atoms with Crippen molar-refractivity contribution in [2.75, 3.05) is 0 Å². The number of nitrogens with one attached hydrogen (secondary N) is 1. The van der Waals surface area contributed by atoms with Gasteiger partial charge in [-0.2, -0.15) is 0 Å². The van der Waals surface area contributed by atoms with Crippen molar-refractivity contribution >= 4 is 39.0 Å². The molecule has 1 aromatic rings. The Morgan fingerprint density at radius 2 is 2.43 bits per heavy atom. The van der Waals surface area contributed by atoms with Crippen molar-refractivity contribution in [3.8, 4) is 0 Å². The number of furan rings is 1. The lowest BCUT2D eigenvalue weighted by Crippen LogP contribution is -2.41. The highest BCUT2D eigenvalue weighted by atomic mass is 79.9. The van der Waals surface area contributed by atoms with Gasteiger partial charge in [0.2, 0.25) is 0 Å². The van der Waals surface area contributed by atoms with Gasteiger partial charge in [0.05, 0.1) is 22.9 Å². The molecule has 1 atom stereocenters. The molecule has 4 nitrogen and oxygen atoms in total. The molecule has 1 unspecified atom stereocenters. The van der Waals surface area contributed by atoms with Crippen molar-refractivity contribution in [3.63, 3.8) is 0 Å². The summed E-state index contributed by atoms with van der Waals surface area (Å²) < 4.78 is 5.31. The Bertz CT molecular complexity index is 364. The Labute approximate surface area is 95.0 Å². The predicted molar refractivity (Wildman–Crippen MR) is 60.1 cm³/mol. The zero-order valence-electron chi connectivity index (χ0n) is 7.41. The van der Waals surface area contributed by atoms with E-state index >= 15 is 0 Å². The highest BCUT2D eigenvalue weighted by molar-refractivity contribution is 9.10. The molecule has 0 saturated heterocycles. The Balaban J connectivity index is 2.69. The van der Waals surface area contributed by atoms with E-state index < -0.39 is 0 Å². The topological polar surface area (TPSA) is 68.3 Å². The molecule has 0 aliphatic rings. The standard InChI is InChI=1S/C8H9BrN2O2S/c1-4(7(10)14)11-8(12)5-2-3-13-6(5)9/h2-4H,1H3,(H2,10,14)(H,11,12). The van der Waals surface area contributed by atoms with Crippen molar-refractivity contribution < 1.29 is 9.21 Å². The van der Waals surface area contributed by atoms with Crippen LogP contribution in [0.25, 0.3) is 0 Å². The van der Waals surface area contributed by atoms with Crippen molar-refractivity contribution in [3.05, 3.63) is 22.6 Å². The van der Waals surface area contributed by atoms with Crippen LogP contribution in [-0.2, 0) is 0 Å². The number of carbonyl (C=O) groups excluding carboxylic acids is 1. The van der Waals surface area contributed by atoms with Crippen LogP contribution in [0.5, 0.6) is 0 Å². The van der Waals surface area contributed by atoms with Crippen LogP contribution >= 0.6 is 28.1 Å². The van der Waals surface area contributed by atoms with Crippen LogP contribution in [0.4, 0.5) is 0 Å². The van der Waals surface area contributed by atoms with Crippen molar-refractivity contribution in [1.82, 2.24) is 5.32 Å². The summed E-state index contributed by atoms with van der Waals surface area (Å²) in [5.41, 5.74) is 5.78. The van der Waals surface area contributed by atoms with E-state index in [4.69, 9.17) is 22.4 Å². The summed E-state index contributed by atoms with van der Waals surface area (Å²) in [5.74, 6) is -0.272. The van der Waals surface area contributed by atoms with Crippen LogP contribution in [0, 0.1) is 0 Å². The van der Waals surface area contributed by atoms with Gasteiger partial charge in [0, 0.05) is 0 Å². The zero-order valence-corrected chi connectivity index (χ0v) is 9.81. The highest BCUT2D eigenvalue weighted by Crippen LogP contribution is 2.17. The van der Waals surface area contributed by atoms with E-state index in [1.54, 1.807) is 13.0 Å². The Kier molecular flexibility index (Phi) is 3.65. The molecule has 0 spiro atoms. The second kappa shape index (κ2) is 4.56. The summed E-state index contributed by atoms with van der Waals surface area (Å²) in [7, 11) is 0. The molecule has 0 bridgehead atoms. The van der Waals surface area contributed by atoms with Crippen LogP contribution in [-0.4, -0.2) is 16.9 Å². The molecule has 6 heteroatoms. The molecule has 76 valence electrons. The van der Waals surface area contributed by atoms with Gasteiger partial charge < -0.3 is 15.5 Å². The monoisotopic (exact) mass is 276 g/mol. The first-order valence-corrected chi connectivity index (χ1v) is 5.05. The summed E-state index contributed by atoms with van der Waals surface area (Å²) >= 11 is 7.83. The summed E-state index contributed by atoms with van der Waals surface area (Å²) in [6, 6.07) is 1.23. The number of hydrogen-bond donors (Lipinski definition) is 2. The second-order valence-corrected chi connectivity index (χ2v) is 3.90. The van der Waals surface area contributed by atoms with E-state index in [2.05, 4.69) is 21.2 Å². The number of nitrogens with two attached hydrogens (primary N) is 1. The van der Waals surface area contributed by atoms with E-state index in [0.717, 1.165) is 0 Å². The van der Waals surface area contributed by atoms with E-state index in [0.29, 0.717) is 10.2 Å². The normalized spacial score (nSPS) is 12.1. The Hall–Kier alpha value is -0.880. The quantitative estimate of drug-likeness (QED) is 0.820. The van der Waals surface area contributed by atoms with Crippen LogP contribution in [0.1, 0.15) is 17.3 Å². The lowest BCUT2D eigenvalue weighted by molar-refractivity contribution is 0.0947. The van der Waals surface area contributed by atoms with Gasteiger partial charge in [-0.3, -0.25) is 4.79 Å². The third-order valence-corrected chi connectivity index (χ3v) is 2.60. The van der Waals surface area contributed by atoms with Gasteiger partial charge in [0.15, 0.2) is 4.67 Å². The molecule has 1 heterocycles. The predicted octanol–water partition coefficient (Wildman–Crippen LogP) is 1.45. The van der Waals surface area contributed by atoms with Crippen LogP contribution in [0.3, 0.4) is 0 Å². The first-order chi connectivity index (χ1) is 6.52. The van der Waals surface area contributed by atoms with Gasteiger partial charge in [-0.05, 0) is 28.9 Å². The highest BCUT2D eigenvalue weighted by Gasteiger charge is 2.15. The number of carbonyl (C=O) groups is 1. The fourth-order valence-electron chi connectivity index (χ4n) is 0.801. The zero-order chi connectivity index (χ0) is 10.7. The van der Waals surface area contributed by atoms with Crippen molar-refractivity contribution in [2.45, 2.75) is 13.0 Å².